The molecule has 0 radical (unpaired) electrons. The average molecular weight is 312 g/mol. The fourth-order valence-electron chi connectivity index (χ4n) is 2.52. The number of hydrogen-bond donors (Lipinski definition) is 2. The summed E-state index contributed by atoms with van der Waals surface area (Å²) in [4.78, 5) is 25.5. The molecule has 116 valence electrons. The van der Waals surface area contributed by atoms with Gasteiger partial charge in [-0.2, -0.15) is 0 Å². The van der Waals surface area contributed by atoms with E-state index in [1.54, 1.807) is 4.90 Å². The smallest absolute Gasteiger partial charge is 0.262 e. The number of carbonyl (C=O) groups is 2. The van der Waals surface area contributed by atoms with Crippen LogP contribution in [-0.4, -0.2) is 53.9 Å². The molecule has 8 heteroatoms. The summed E-state index contributed by atoms with van der Waals surface area (Å²) >= 11 is 0. The van der Waals surface area contributed by atoms with Crippen molar-refractivity contribution in [3.8, 4) is 0 Å². The molecule has 20 heavy (non-hydrogen) atoms. The molecule has 2 heterocycles. The Hall–Kier alpha value is -0.950. The number of alkyl halides is 2. The summed E-state index contributed by atoms with van der Waals surface area (Å²) < 4.78 is 26.0. The van der Waals surface area contributed by atoms with Gasteiger partial charge in [-0.25, -0.2) is 8.78 Å². The first-order valence-electron chi connectivity index (χ1n) is 6.52. The Morgan fingerprint density at radius 3 is 2.60 bits per heavy atom. The number of nitrogens with zero attached hydrogens (tertiary/aromatic N) is 1. The van der Waals surface area contributed by atoms with E-state index < -0.39 is 36.9 Å². The summed E-state index contributed by atoms with van der Waals surface area (Å²) in [6, 6.07) is -1.40. The van der Waals surface area contributed by atoms with Crippen LogP contribution in [0.2, 0.25) is 0 Å². The van der Waals surface area contributed by atoms with E-state index in [0.29, 0.717) is 13.0 Å². The number of rotatable bonds is 3. The highest BCUT2D eigenvalue weighted by molar-refractivity contribution is 5.91. The molecule has 0 aromatic carbocycles. The lowest BCUT2D eigenvalue weighted by molar-refractivity contribution is -0.134. The van der Waals surface area contributed by atoms with Crippen LogP contribution in [0.25, 0.3) is 0 Å². The third-order valence-corrected chi connectivity index (χ3v) is 3.61. The Labute approximate surface area is 122 Å². The van der Waals surface area contributed by atoms with Crippen LogP contribution < -0.4 is 10.6 Å². The molecule has 0 aromatic rings. The van der Waals surface area contributed by atoms with E-state index in [1.807, 2.05) is 13.8 Å². The third kappa shape index (κ3) is 3.58. The SMILES string of the molecule is CC(C)N1CCC(NC(=O)C2CC(F)(F)CN2)C1=O.Cl. The predicted molar refractivity (Wildman–Crippen MR) is 72.0 cm³/mol. The van der Waals surface area contributed by atoms with E-state index >= 15 is 0 Å². The Bertz CT molecular complexity index is 393. The van der Waals surface area contributed by atoms with E-state index in [2.05, 4.69) is 10.6 Å². The van der Waals surface area contributed by atoms with E-state index in [0.717, 1.165) is 0 Å². The minimum atomic E-state index is -2.84. The molecule has 2 saturated heterocycles. The zero-order valence-corrected chi connectivity index (χ0v) is 12.3. The number of halogens is 3. The van der Waals surface area contributed by atoms with Crippen LogP contribution in [0.3, 0.4) is 0 Å². The van der Waals surface area contributed by atoms with Crippen molar-refractivity contribution in [1.29, 1.82) is 0 Å². The second kappa shape index (κ2) is 6.22. The van der Waals surface area contributed by atoms with Gasteiger partial charge in [0.2, 0.25) is 11.8 Å². The molecule has 0 spiro atoms. The van der Waals surface area contributed by atoms with Gasteiger partial charge in [0, 0.05) is 19.0 Å². The van der Waals surface area contributed by atoms with Crippen molar-refractivity contribution in [3.63, 3.8) is 0 Å². The molecule has 0 saturated carbocycles. The largest absolute Gasteiger partial charge is 0.343 e. The fourth-order valence-corrected chi connectivity index (χ4v) is 2.52. The number of nitrogens with one attached hydrogen (secondary N) is 2. The molecule has 2 unspecified atom stereocenters. The predicted octanol–water partition coefficient (Wildman–Crippen LogP) is 0.531. The van der Waals surface area contributed by atoms with Gasteiger partial charge < -0.3 is 10.2 Å². The van der Waals surface area contributed by atoms with Crippen LogP contribution >= 0.6 is 12.4 Å². The van der Waals surface area contributed by atoms with Gasteiger partial charge in [-0.05, 0) is 20.3 Å². The quantitative estimate of drug-likeness (QED) is 0.799. The molecule has 2 fully saturated rings. The van der Waals surface area contributed by atoms with Crippen molar-refractivity contribution in [1.82, 2.24) is 15.5 Å². The third-order valence-electron chi connectivity index (χ3n) is 3.61. The topological polar surface area (TPSA) is 61.4 Å². The van der Waals surface area contributed by atoms with Crippen LogP contribution in [0.4, 0.5) is 8.78 Å². The number of amides is 2. The minimum absolute atomic E-state index is 0. The average Bonchev–Trinajstić information content (AvgIpc) is 2.83. The molecule has 2 rings (SSSR count). The highest BCUT2D eigenvalue weighted by Gasteiger charge is 2.43. The fraction of sp³-hybridized carbons (Fsp3) is 0.833. The molecule has 0 bridgehead atoms. The molecule has 2 amide bonds. The molecule has 0 aromatic heterocycles. The van der Waals surface area contributed by atoms with E-state index in [4.69, 9.17) is 0 Å². The lowest BCUT2D eigenvalue weighted by atomic mass is 10.1. The van der Waals surface area contributed by atoms with Crippen LogP contribution in [0.5, 0.6) is 0 Å². The van der Waals surface area contributed by atoms with Crippen LogP contribution in [0.15, 0.2) is 0 Å². The Morgan fingerprint density at radius 1 is 1.50 bits per heavy atom. The van der Waals surface area contributed by atoms with E-state index in [9.17, 15) is 18.4 Å². The maximum Gasteiger partial charge on any atom is 0.262 e. The van der Waals surface area contributed by atoms with Gasteiger partial charge in [0.25, 0.3) is 5.92 Å². The molecule has 2 atom stereocenters. The molecule has 2 aliphatic rings. The number of carbonyl (C=O) groups excluding carboxylic acids is 2. The van der Waals surface area contributed by atoms with Gasteiger partial charge >= 0.3 is 0 Å². The highest BCUT2D eigenvalue weighted by Crippen LogP contribution is 2.25. The summed E-state index contributed by atoms with van der Waals surface area (Å²) in [6.45, 7) is 3.92. The van der Waals surface area contributed by atoms with Crippen molar-refractivity contribution >= 4 is 24.2 Å². The van der Waals surface area contributed by atoms with E-state index in [-0.39, 0.29) is 24.4 Å². The lowest BCUT2D eigenvalue weighted by Gasteiger charge is -2.21. The Balaban J connectivity index is 0.00000200. The van der Waals surface area contributed by atoms with Crippen molar-refractivity contribution in [2.75, 3.05) is 13.1 Å². The maximum absolute atomic E-state index is 13.0. The van der Waals surface area contributed by atoms with Gasteiger partial charge in [-0.3, -0.25) is 14.9 Å². The van der Waals surface area contributed by atoms with Crippen molar-refractivity contribution in [2.24, 2.45) is 0 Å². The first-order valence-corrected chi connectivity index (χ1v) is 6.52. The zero-order valence-electron chi connectivity index (χ0n) is 11.5. The van der Waals surface area contributed by atoms with Crippen molar-refractivity contribution in [3.05, 3.63) is 0 Å². The number of hydrogen-bond acceptors (Lipinski definition) is 3. The van der Waals surface area contributed by atoms with Gasteiger partial charge in [-0.15, -0.1) is 12.4 Å². The highest BCUT2D eigenvalue weighted by atomic mass is 35.5. The Kier molecular flexibility index (Phi) is 5.32. The van der Waals surface area contributed by atoms with Gasteiger partial charge in [0.15, 0.2) is 0 Å². The van der Waals surface area contributed by atoms with Crippen LogP contribution in [0.1, 0.15) is 26.7 Å². The summed E-state index contributed by atoms with van der Waals surface area (Å²) in [7, 11) is 0. The summed E-state index contributed by atoms with van der Waals surface area (Å²) in [5, 5.41) is 5.05. The first kappa shape index (κ1) is 17.1. The normalized spacial score (nSPS) is 28.6. The maximum atomic E-state index is 13.0. The van der Waals surface area contributed by atoms with E-state index in [1.165, 1.54) is 0 Å². The van der Waals surface area contributed by atoms with Crippen molar-refractivity contribution < 1.29 is 18.4 Å². The van der Waals surface area contributed by atoms with Crippen LogP contribution in [0, 0.1) is 0 Å². The molecule has 2 N–H and O–H groups in total. The van der Waals surface area contributed by atoms with Gasteiger partial charge in [-0.1, -0.05) is 0 Å². The second-order valence-electron chi connectivity index (χ2n) is 5.47. The second-order valence-corrected chi connectivity index (χ2v) is 5.47. The monoisotopic (exact) mass is 311 g/mol. The molecular formula is C12H20ClF2N3O2. The summed E-state index contributed by atoms with van der Waals surface area (Å²) in [5.74, 6) is -3.49. The molecule has 2 aliphatic heterocycles. The zero-order chi connectivity index (χ0) is 14.2. The molecule has 0 aliphatic carbocycles. The van der Waals surface area contributed by atoms with Gasteiger partial charge in [0.1, 0.15) is 6.04 Å². The Morgan fingerprint density at radius 2 is 2.15 bits per heavy atom. The van der Waals surface area contributed by atoms with Crippen LogP contribution in [-0.2, 0) is 9.59 Å². The number of likely N-dealkylation sites (tertiary alicyclic amines) is 1. The first-order chi connectivity index (χ1) is 8.80. The summed E-state index contributed by atoms with van der Waals surface area (Å²) in [6.07, 6.45) is 0.0273. The lowest BCUT2D eigenvalue weighted by Crippen LogP contribution is -2.48. The van der Waals surface area contributed by atoms with Crippen molar-refractivity contribution in [2.45, 2.75) is 50.7 Å². The standard InChI is InChI=1S/C12H19F2N3O2.ClH/c1-7(2)17-4-3-8(11(17)19)16-10(18)9-5-12(13,14)6-15-9;/h7-9,15H,3-6H2,1-2H3,(H,16,18);1H. The molecule has 5 nitrogen and oxygen atoms in total. The minimum Gasteiger partial charge on any atom is -0.343 e. The van der Waals surface area contributed by atoms with Gasteiger partial charge in [0.05, 0.1) is 12.6 Å². The molecular weight excluding hydrogens is 292 g/mol. The summed E-state index contributed by atoms with van der Waals surface area (Å²) in [5.41, 5.74) is 0.